The van der Waals surface area contributed by atoms with Gasteiger partial charge < -0.3 is 14.9 Å². The topological polar surface area (TPSA) is 0 Å². The zero-order chi connectivity index (χ0) is 37.5. The van der Waals surface area contributed by atoms with Crippen molar-refractivity contribution in [2.75, 3.05) is 0 Å². The van der Waals surface area contributed by atoms with Crippen LogP contribution in [0, 0.1) is 26.7 Å². The van der Waals surface area contributed by atoms with E-state index in [1.165, 1.54) is 194 Å². The second-order valence-corrected chi connectivity index (χ2v) is 16.4. The molecule has 6 aromatic carbocycles. The van der Waals surface area contributed by atoms with Crippen molar-refractivity contribution in [1.29, 1.82) is 0 Å². The van der Waals surface area contributed by atoms with E-state index in [0.29, 0.717) is 0 Å². The zero-order valence-electron chi connectivity index (χ0n) is 36.1. The first-order valence-electron chi connectivity index (χ1n) is 21.5. The molecule has 58 heavy (non-hydrogen) atoms. The van der Waals surface area contributed by atoms with E-state index in [4.69, 9.17) is 0 Å². The minimum atomic E-state index is 0. The molecule has 0 bridgehead atoms. The second-order valence-electron chi connectivity index (χ2n) is 16.4. The molecule has 2 saturated carbocycles. The molecule has 0 N–H and O–H groups in total. The third kappa shape index (κ3) is 14.5. The van der Waals surface area contributed by atoms with Crippen LogP contribution in [0.4, 0.5) is 0 Å². The van der Waals surface area contributed by atoms with Crippen LogP contribution < -0.4 is 0 Å². The van der Waals surface area contributed by atoms with Crippen LogP contribution in [0.5, 0.6) is 0 Å². The fraction of sp³-hybridized carbons (Fsp3) is 0.407. The number of fused-ring (bicyclic) bond motifs is 2. The Kier molecular flexibility index (Phi) is 24.7. The Hall–Kier alpha value is -2.22. The van der Waals surface area contributed by atoms with Gasteiger partial charge in [-0.1, -0.05) is 176 Å². The zero-order valence-corrected chi connectivity index (χ0v) is 41.2. The Labute approximate surface area is 383 Å². The molecule has 0 spiro atoms. The summed E-state index contributed by atoms with van der Waals surface area (Å²) in [4.78, 5) is 0. The molecule has 8 rings (SSSR count). The summed E-state index contributed by atoms with van der Waals surface area (Å²) in [6, 6.07) is 41.8. The maximum atomic E-state index is 3.06. The summed E-state index contributed by atoms with van der Waals surface area (Å²) in [5, 5.41) is 5.67. The monoisotopic (exact) mass is 906 g/mol. The van der Waals surface area contributed by atoms with Gasteiger partial charge in [0.2, 0.25) is 0 Å². The summed E-state index contributed by atoms with van der Waals surface area (Å²) >= 11 is 1.36. The number of hydrogen-bond acceptors (Lipinski definition) is 0. The molecule has 0 aromatic heterocycles. The molecule has 0 aliphatic heterocycles. The van der Waals surface area contributed by atoms with Crippen molar-refractivity contribution < 1.29 is 23.3 Å². The van der Waals surface area contributed by atoms with Gasteiger partial charge in [-0.15, -0.1) is 93.9 Å². The van der Waals surface area contributed by atoms with Gasteiger partial charge >= 0.3 is 30.2 Å². The molecule has 0 saturated heterocycles. The Morgan fingerprint density at radius 1 is 0.500 bits per heavy atom. The Morgan fingerprint density at radius 3 is 1.17 bits per heavy atom. The third-order valence-electron chi connectivity index (χ3n) is 12.2. The number of hydrogen-bond donors (Lipinski definition) is 0. The second kappa shape index (κ2) is 27.6. The third-order valence-corrected chi connectivity index (χ3v) is 12.2. The van der Waals surface area contributed by atoms with Crippen LogP contribution in [-0.4, -0.2) is 6.88 Å². The number of halogens is 2. The van der Waals surface area contributed by atoms with Gasteiger partial charge in [-0.05, 0) is 59.8 Å². The first-order chi connectivity index (χ1) is 26.7. The van der Waals surface area contributed by atoms with E-state index >= 15 is 0 Å². The molecule has 0 atom stereocenters. The van der Waals surface area contributed by atoms with Crippen molar-refractivity contribution in [1.82, 2.24) is 0 Å². The number of rotatable bonds is 10. The summed E-state index contributed by atoms with van der Waals surface area (Å²) < 4.78 is 0. The number of aryl methyl sites for hydroxylation is 2. The van der Waals surface area contributed by atoms with E-state index in [-0.39, 0.29) is 39.7 Å². The molecule has 2 radical (unpaired) electrons. The van der Waals surface area contributed by atoms with Crippen molar-refractivity contribution in [3.05, 3.63) is 146 Å². The summed E-state index contributed by atoms with van der Waals surface area (Å²) in [7, 11) is 0. The van der Waals surface area contributed by atoms with E-state index in [0.717, 1.165) is 11.8 Å². The van der Waals surface area contributed by atoms with Gasteiger partial charge in [0.25, 0.3) is 0 Å². The Balaban J connectivity index is 0.000000360. The van der Waals surface area contributed by atoms with Gasteiger partial charge in [0.15, 0.2) is 0 Å². The Morgan fingerprint density at radius 2 is 0.845 bits per heavy atom. The average molecular weight is 909 g/mol. The van der Waals surface area contributed by atoms with Gasteiger partial charge in [0.05, 0.1) is 0 Å². The SMILES string of the molecule is CCCc1ccc(-c2cccc3[cH-]c(CC4CCCCCC4)cc23)cc1.CCCc1ccc(-c2cccc3[cH-]c(CC4CCCCCC4)cc23)cc1.Cl.Cl.[CH3-].[CH3-].[Si]=[Zr]. The molecule has 4 heteroatoms. The predicted molar refractivity (Wildman–Crippen MR) is 261 cm³/mol. The summed E-state index contributed by atoms with van der Waals surface area (Å²) in [5.41, 5.74) is 11.4. The van der Waals surface area contributed by atoms with Crippen molar-refractivity contribution >= 4 is 53.2 Å². The predicted octanol–water partition coefficient (Wildman–Crippen LogP) is 16.7. The standard InChI is InChI=1S/2C26H31.2CH3.2ClH.Si.Zr/c2*1-2-8-20-13-15-23(16-14-20)25-12-7-11-24-18-22(19-26(24)25)17-21-9-5-3-4-6-10-21;;;;;;/h2*7,11-16,18-19,21H,2-6,8-10,17H2,1H3;2*1H3;2*1H;;/q4*-1;;;;. The summed E-state index contributed by atoms with van der Waals surface area (Å²) in [6.07, 6.45) is 24.5. The maximum absolute atomic E-state index is 3.06. The van der Waals surface area contributed by atoms with Crippen molar-refractivity contribution in [3.8, 4) is 22.3 Å². The van der Waals surface area contributed by atoms with Crippen molar-refractivity contribution in [2.24, 2.45) is 11.8 Å². The molecule has 2 fully saturated rings. The van der Waals surface area contributed by atoms with Gasteiger partial charge in [0, 0.05) is 0 Å². The van der Waals surface area contributed by atoms with Crippen LogP contribution >= 0.6 is 24.8 Å². The first kappa shape index (κ1) is 51.9. The summed E-state index contributed by atoms with van der Waals surface area (Å²) in [5.74, 6) is 1.79. The van der Waals surface area contributed by atoms with Crippen molar-refractivity contribution in [2.45, 2.75) is 129 Å². The molecular weight excluding hydrogens is 839 g/mol. The van der Waals surface area contributed by atoms with Gasteiger partial charge in [-0.2, -0.15) is 12.1 Å². The van der Waals surface area contributed by atoms with Crippen LogP contribution in [-0.2, 0) is 49.0 Å². The van der Waals surface area contributed by atoms with E-state index in [2.05, 4.69) is 130 Å². The summed E-state index contributed by atoms with van der Waals surface area (Å²) in [6.45, 7) is 7.55. The van der Waals surface area contributed by atoms with Crippen LogP contribution in [0.2, 0.25) is 0 Å². The molecule has 0 heterocycles. The van der Waals surface area contributed by atoms with Gasteiger partial charge in [-0.25, -0.2) is 0 Å². The quantitative estimate of drug-likeness (QED) is 0.0730. The Bertz CT molecular complexity index is 1840. The molecule has 2 aliphatic rings. The van der Waals surface area contributed by atoms with Crippen molar-refractivity contribution in [3.63, 3.8) is 0 Å². The van der Waals surface area contributed by atoms with Gasteiger partial charge in [0.1, 0.15) is 0 Å². The van der Waals surface area contributed by atoms with E-state index in [1.807, 2.05) is 0 Å². The van der Waals surface area contributed by atoms with E-state index in [1.54, 1.807) is 11.1 Å². The molecule has 312 valence electrons. The van der Waals surface area contributed by atoms with Gasteiger partial charge in [-0.3, -0.25) is 0 Å². The molecule has 0 amide bonds. The van der Waals surface area contributed by atoms with Crippen LogP contribution in [0.3, 0.4) is 0 Å². The fourth-order valence-electron chi connectivity index (χ4n) is 9.41. The van der Waals surface area contributed by atoms with Crippen LogP contribution in [0.25, 0.3) is 43.8 Å². The molecule has 0 unspecified atom stereocenters. The van der Waals surface area contributed by atoms with Crippen LogP contribution in [0.15, 0.2) is 109 Å². The van der Waals surface area contributed by atoms with E-state index < -0.39 is 0 Å². The normalized spacial score (nSPS) is 14.4. The molecule has 0 nitrogen and oxygen atoms in total. The first-order valence-corrected chi connectivity index (χ1v) is 25.7. The number of benzene rings is 4. The minimum absolute atomic E-state index is 0. The van der Waals surface area contributed by atoms with Crippen LogP contribution in [0.1, 0.15) is 126 Å². The molecule has 6 aromatic rings. The molecule has 2 aliphatic carbocycles. The average Bonchev–Trinajstić information content (AvgIpc) is 3.59. The van der Waals surface area contributed by atoms with E-state index in [9.17, 15) is 0 Å². The molecular formula is C54H70Cl2SiZr-4. The fourth-order valence-corrected chi connectivity index (χ4v) is 9.41.